The van der Waals surface area contributed by atoms with Crippen LogP contribution in [-0.4, -0.2) is 40.0 Å². The average Bonchev–Trinajstić information content (AvgIpc) is 2.53. The van der Waals surface area contributed by atoms with Crippen LogP contribution in [0.15, 0.2) is 0 Å². The van der Waals surface area contributed by atoms with Gasteiger partial charge in [0.25, 0.3) is 5.91 Å². The number of hydrogen-bond donors (Lipinski definition) is 2. The maximum atomic E-state index is 13.3. The molecule has 1 fully saturated rings. The highest BCUT2D eigenvalue weighted by molar-refractivity contribution is 7.09. The van der Waals surface area contributed by atoms with E-state index in [1.54, 1.807) is 0 Å². The van der Waals surface area contributed by atoms with E-state index in [1.165, 1.54) is 0 Å². The number of hydrogen-bond acceptors (Lipinski definition) is 6. The first-order chi connectivity index (χ1) is 6.77. The summed E-state index contributed by atoms with van der Waals surface area (Å²) in [4.78, 5) is 11.2. The zero-order valence-electron chi connectivity index (χ0n) is 7.11. The van der Waals surface area contributed by atoms with Gasteiger partial charge in [-0.2, -0.15) is 0 Å². The van der Waals surface area contributed by atoms with E-state index in [-0.39, 0.29) is 11.0 Å². The zero-order valence-corrected chi connectivity index (χ0v) is 7.92. The van der Waals surface area contributed by atoms with Crippen LogP contribution in [0.25, 0.3) is 0 Å². The molecule has 0 aromatic carbocycles. The van der Waals surface area contributed by atoms with Crippen molar-refractivity contribution in [1.82, 2.24) is 20.1 Å². The van der Waals surface area contributed by atoms with Crippen molar-refractivity contribution in [1.29, 1.82) is 0 Å². The van der Waals surface area contributed by atoms with Gasteiger partial charge in [0.1, 0.15) is 0 Å². The molecule has 76 valence electrons. The van der Waals surface area contributed by atoms with Gasteiger partial charge in [0.15, 0.2) is 6.17 Å². The van der Waals surface area contributed by atoms with Crippen LogP contribution in [0.3, 0.4) is 0 Å². The Bertz CT molecular complexity index is 314. The summed E-state index contributed by atoms with van der Waals surface area (Å²) >= 11 is 0.920. The number of amides is 1. The Kier molecular flexibility index (Phi) is 2.64. The van der Waals surface area contributed by atoms with Gasteiger partial charge in [0.2, 0.25) is 5.13 Å². The summed E-state index contributed by atoms with van der Waals surface area (Å²) in [6, 6.07) is 0. The molecule has 1 atom stereocenters. The van der Waals surface area contributed by atoms with E-state index in [0.29, 0.717) is 13.1 Å². The highest BCUT2D eigenvalue weighted by atomic mass is 32.1. The second-order valence-corrected chi connectivity index (χ2v) is 3.71. The van der Waals surface area contributed by atoms with Gasteiger partial charge in [-0.3, -0.25) is 10.1 Å². The minimum atomic E-state index is -1.49. The molecule has 1 saturated heterocycles. The molecule has 1 aromatic heterocycles. The summed E-state index contributed by atoms with van der Waals surface area (Å²) in [6.45, 7) is 1.09. The molecule has 0 spiro atoms. The van der Waals surface area contributed by atoms with Crippen LogP contribution in [0.2, 0.25) is 0 Å². The van der Waals surface area contributed by atoms with Gasteiger partial charge in [0.05, 0.1) is 0 Å². The van der Waals surface area contributed by atoms with Crippen LogP contribution in [-0.2, 0) is 4.79 Å². The Morgan fingerprint density at radius 3 is 3.00 bits per heavy atom. The third-order valence-corrected chi connectivity index (χ3v) is 2.52. The first-order valence-electron chi connectivity index (χ1n) is 4.08. The topological polar surface area (TPSA) is 79.8 Å². The van der Waals surface area contributed by atoms with E-state index in [4.69, 9.17) is 0 Å². The van der Waals surface area contributed by atoms with Crippen LogP contribution >= 0.6 is 11.5 Å². The number of anilines is 1. The largest absolute Gasteiger partial charge is 0.316 e. The summed E-state index contributed by atoms with van der Waals surface area (Å²) in [6.07, 6.45) is -1.49. The quantitative estimate of drug-likeness (QED) is 0.708. The molecule has 0 aliphatic carbocycles. The molecule has 6 nitrogen and oxygen atoms in total. The second-order valence-electron chi connectivity index (χ2n) is 2.98. The molecule has 8 heteroatoms. The molecule has 1 amide bonds. The summed E-state index contributed by atoms with van der Waals surface area (Å²) in [5, 5.41) is 12.2. The number of alkyl halides is 1. The van der Waals surface area contributed by atoms with Crippen LogP contribution in [0, 0.1) is 5.92 Å². The molecule has 1 aromatic rings. The normalized spacial score (nSPS) is 18.6. The third kappa shape index (κ3) is 1.85. The number of rotatable bonds is 3. The highest BCUT2D eigenvalue weighted by Crippen LogP contribution is 2.15. The van der Waals surface area contributed by atoms with E-state index < -0.39 is 12.1 Å². The molecule has 1 aliphatic rings. The number of nitrogens with one attached hydrogen (secondary N) is 2. The SMILES string of the molecule is O=C(Nc1nnns1)C(F)C1CNC1. The Labute approximate surface area is 83.1 Å². The minimum absolute atomic E-state index is 0.226. The first-order valence-corrected chi connectivity index (χ1v) is 4.85. The van der Waals surface area contributed by atoms with Crippen molar-refractivity contribution in [2.45, 2.75) is 6.17 Å². The van der Waals surface area contributed by atoms with Gasteiger partial charge < -0.3 is 5.32 Å². The molecule has 1 unspecified atom stereocenters. The van der Waals surface area contributed by atoms with Crippen LogP contribution in [0.4, 0.5) is 9.52 Å². The molecule has 0 bridgehead atoms. The minimum Gasteiger partial charge on any atom is -0.316 e. The molecular weight excluding hydrogens is 209 g/mol. The average molecular weight is 217 g/mol. The summed E-state index contributed by atoms with van der Waals surface area (Å²) in [7, 11) is 0. The van der Waals surface area contributed by atoms with E-state index in [9.17, 15) is 9.18 Å². The monoisotopic (exact) mass is 217 g/mol. The summed E-state index contributed by atoms with van der Waals surface area (Å²) in [5.41, 5.74) is 0. The summed E-state index contributed by atoms with van der Waals surface area (Å²) in [5.74, 6) is -0.897. The molecule has 2 N–H and O–H groups in total. The van der Waals surface area contributed by atoms with Crippen molar-refractivity contribution < 1.29 is 9.18 Å². The lowest BCUT2D eigenvalue weighted by molar-refractivity contribution is -0.123. The van der Waals surface area contributed by atoms with Crippen LogP contribution in [0.1, 0.15) is 0 Å². The van der Waals surface area contributed by atoms with Gasteiger partial charge in [-0.25, -0.2) is 4.39 Å². The van der Waals surface area contributed by atoms with Gasteiger partial charge in [0, 0.05) is 30.5 Å². The van der Waals surface area contributed by atoms with Gasteiger partial charge >= 0.3 is 0 Å². The molecule has 2 rings (SSSR count). The Morgan fingerprint density at radius 1 is 1.71 bits per heavy atom. The zero-order chi connectivity index (χ0) is 9.97. The number of aromatic nitrogens is 3. The van der Waals surface area contributed by atoms with E-state index in [0.717, 1.165) is 11.5 Å². The Hall–Kier alpha value is -1.15. The number of carbonyl (C=O) groups excluding carboxylic acids is 1. The number of nitrogens with zero attached hydrogens (tertiary/aromatic N) is 3. The van der Waals surface area contributed by atoms with Gasteiger partial charge in [-0.15, -0.1) is 0 Å². The van der Waals surface area contributed by atoms with E-state index in [2.05, 4.69) is 25.4 Å². The Morgan fingerprint density at radius 2 is 2.50 bits per heavy atom. The van der Waals surface area contributed by atoms with Crippen molar-refractivity contribution >= 4 is 22.6 Å². The van der Waals surface area contributed by atoms with Gasteiger partial charge in [-0.1, -0.05) is 9.59 Å². The van der Waals surface area contributed by atoms with Crippen molar-refractivity contribution in [2.24, 2.45) is 5.92 Å². The lowest BCUT2D eigenvalue weighted by atomic mass is 9.97. The Balaban J connectivity index is 1.88. The number of carbonyl (C=O) groups is 1. The fourth-order valence-corrected chi connectivity index (χ4v) is 1.46. The third-order valence-electron chi connectivity index (χ3n) is 2.01. The van der Waals surface area contributed by atoms with E-state index >= 15 is 0 Å². The van der Waals surface area contributed by atoms with Gasteiger partial charge in [-0.05, 0) is 5.21 Å². The number of halogens is 1. The molecule has 14 heavy (non-hydrogen) atoms. The fourth-order valence-electron chi connectivity index (χ4n) is 1.09. The highest BCUT2D eigenvalue weighted by Gasteiger charge is 2.32. The fraction of sp³-hybridized carbons (Fsp3) is 0.667. The standard InChI is InChI=1S/C6H8FN5OS/c7-4(3-1-8-2-3)5(13)9-6-10-11-12-14-6/h3-4,8H,1-2H2,(H,9,10,12,13). The van der Waals surface area contributed by atoms with E-state index in [1.807, 2.05) is 0 Å². The predicted molar refractivity (Wildman–Crippen MR) is 47.6 cm³/mol. The first kappa shape index (κ1) is 9.41. The lowest BCUT2D eigenvalue weighted by Gasteiger charge is -2.28. The maximum absolute atomic E-state index is 13.3. The predicted octanol–water partition coefficient (Wildman–Crippen LogP) is -0.571. The molecule has 2 heterocycles. The molecule has 1 aliphatic heterocycles. The van der Waals surface area contributed by atoms with Crippen molar-refractivity contribution in [3.63, 3.8) is 0 Å². The smallest absolute Gasteiger partial charge is 0.261 e. The molecule has 0 saturated carbocycles. The molecule has 0 radical (unpaired) electrons. The summed E-state index contributed by atoms with van der Waals surface area (Å²) < 4.78 is 16.8. The molecular formula is C6H8FN5OS. The van der Waals surface area contributed by atoms with Crippen molar-refractivity contribution in [2.75, 3.05) is 18.4 Å². The van der Waals surface area contributed by atoms with Crippen molar-refractivity contribution in [3.05, 3.63) is 0 Å². The van der Waals surface area contributed by atoms with Crippen LogP contribution < -0.4 is 10.6 Å². The van der Waals surface area contributed by atoms with Crippen molar-refractivity contribution in [3.8, 4) is 0 Å². The second kappa shape index (κ2) is 3.93. The lowest BCUT2D eigenvalue weighted by Crippen LogP contribution is -2.50. The maximum Gasteiger partial charge on any atom is 0.261 e. The van der Waals surface area contributed by atoms with Crippen LogP contribution in [0.5, 0.6) is 0 Å².